The van der Waals surface area contributed by atoms with Gasteiger partial charge in [0, 0.05) is 5.69 Å². The van der Waals surface area contributed by atoms with E-state index in [0.717, 1.165) is 22.6 Å². The maximum atomic E-state index is 5.54. The predicted octanol–water partition coefficient (Wildman–Crippen LogP) is 4.72. The minimum atomic E-state index is 0.567. The van der Waals surface area contributed by atoms with Crippen molar-refractivity contribution in [3.63, 3.8) is 0 Å². The van der Waals surface area contributed by atoms with Crippen molar-refractivity contribution in [2.75, 3.05) is 5.32 Å². The molecule has 0 unspecified atom stereocenters. The van der Waals surface area contributed by atoms with Gasteiger partial charge in [0.05, 0.1) is 11.4 Å². The van der Waals surface area contributed by atoms with Crippen LogP contribution in [-0.4, -0.2) is 14.9 Å². The Kier molecular flexibility index (Phi) is 5.28. The average Bonchev–Trinajstić information content (AvgIpc) is 2.86. The molecule has 0 amide bonds. The summed E-state index contributed by atoms with van der Waals surface area (Å²) < 4.78 is 1.78. The van der Waals surface area contributed by atoms with Crippen LogP contribution in [0.5, 0.6) is 0 Å². The van der Waals surface area contributed by atoms with Crippen molar-refractivity contribution in [3.8, 4) is 0 Å². The predicted molar refractivity (Wildman–Crippen MR) is 98.2 cm³/mol. The molecule has 1 aromatic heterocycles. The Morgan fingerprint density at radius 2 is 2.00 bits per heavy atom. The molecule has 114 valence electrons. The second kappa shape index (κ2) is 7.18. The van der Waals surface area contributed by atoms with E-state index >= 15 is 0 Å². The fourth-order valence-electron chi connectivity index (χ4n) is 2.27. The highest BCUT2D eigenvalue weighted by Crippen LogP contribution is 2.18. The lowest BCUT2D eigenvalue weighted by molar-refractivity contribution is 0.911. The van der Waals surface area contributed by atoms with E-state index in [1.165, 1.54) is 5.56 Å². The van der Waals surface area contributed by atoms with Crippen molar-refractivity contribution in [2.45, 2.75) is 27.7 Å². The highest BCUT2D eigenvalue weighted by atomic mass is 32.1. The lowest BCUT2D eigenvalue weighted by Crippen LogP contribution is -2.22. The van der Waals surface area contributed by atoms with E-state index in [4.69, 9.17) is 12.2 Å². The summed E-state index contributed by atoms with van der Waals surface area (Å²) in [7, 11) is 0. The number of nitrogens with zero attached hydrogens (tertiary/aromatic N) is 2. The number of thiocarbonyl (C=S) groups is 1. The molecular weight excluding hydrogens is 290 g/mol. The van der Waals surface area contributed by atoms with Gasteiger partial charge in [0.25, 0.3) is 0 Å². The van der Waals surface area contributed by atoms with Crippen LogP contribution in [0, 0.1) is 13.8 Å². The smallest absolute Gasteiger partial charge is 0.199 e. The minimum Gasteiger partial charge on any atom is -0.331 e. The molecule has 4 heteroatoms. The Hall–Kier alpha value is -2.20. The van der Waals surface area contributed by atoms with Gasteiger partial charge in [-0.05, 0) is 69.2 Å². The van der Waals surface area contributed by atoms with E-state index in [1.807, 2.05) is 45.0 Å². The zero-order valence-corrected chi connectivity index (χ0v) is 14.2. The summed E-state index contributed by atoms with van der Waals surface area (Å²) in [6, 6.07) is 10.2. The number of allylic oxidation sites excluding steroid dienone is 4. The molecule has 0 aliphatic heterocycles. The number of hydrogen-bond donors (Lipinski definition) is 1. The molecule has 3 nitrogen and oxygen atoms in total. The Morgan fingerprint density at radius 3 is 2.64 bits per heavy atom. The molecule has 2 aromatic rings. The van der Waals surface area contributed by atoms with Crippen LogP contribution in [0.4, 0.5) is 5.69 Å². The van der Waals surface area contributed by atoms with Crippen LogP contribution in [0.2, 0.25) is 0 Å². The standard InChI is InChI=1S/C18H21N3S/c1-5-8-15(6-2)17-12-14(4)20-21(17)18(22)19-16-10-7-9-13(3)11-16/h5-12H,1-4H3,(H,19,22)/b8-5-,15-6+. The van der Waals surface area contributed by atoms with Gasteiger partial charge in [-0.3, -0.25) is 0 Å². The molecule has 0 atom stereocenters. The van der Waals surface area contributed by atoms with E-state index in [0.29, 0.717) is 5.11 Å². The minimum absolute atomic E-state index is 0.567. The third kappa shape index (κ3) is 3.71. The molecule has 0 saturated heterocycles. The summed E-state index contributed by atoms with van der Waals surface area (Å²) in [6.45, 7) is 8.04. The van der Waals surface area contributed by atoms with Crippen molar-refractivity contribution in [1.82, 2.24) is 9.78 Å². The average molecular weight is 311 g/mol. The molecule has 0 spiro atoms. The van der Waals surface area contributed by atoms with E-state index < -0.39 is 0 Å². The quantitative estimate of drug-likeness (QED) is 0.657. The first-order valence-electron chi connectivity index (χ1n) is 7.29. The molecule has 2 rings (SSSR count). The van der Waals surface area contributed by atoms with Gasteiger partial charge in [-0.1, -0.05) is 30.4 Å². The number of anilines is 1. The van der Waals surface area contributed by atoms with Crippen molar-refractivity contribution in [3.05, 3.63) is 65.5 Å². The second-order valence-corrected chi connectivity index (χ2v) is 5.51. The Morgan fingerprint density at radius 1 is 1.23 bits per heavy atom. The first-order chi connectivity index (χ1) is 10.5. The first kappa shape index (κ1) is 16.2. The topological polar surface area (TPSA) is 29.9 Å². The molecule has 0 fully saturated rings. The third-order valence-corrected chi connectivity index (χ3v) is 3.52. The number of nitrogens with one attached hydrogen (secondary N) is 1. The summed E-state index contributed by atoms with van der Waals surface area (Å²) in [5, 5.41) is 8.34. The summed E-state index contributed by atoms with van der Waals surface area (Å²) in [5.74, 6) is 0. The number of hydrogen-bond acceptors (Lipinski definition) is 2. The normalized spacial score (nSPS) is 11.9. The molecule has 0 aliphatic rings. The van der Waals surface area contributed by atoms with Crippen LogP contribution < -0.4 is 5.32 Å². The summed E-state index contributed by atoms with van der Waals surface area (Å²) in [6.07, 6.45) is 6.13. The van der Waals surface area contributed by atoms with Gasteiger partial charge < -0.3 is 5.32 Å². The number of aryl methyl sites for hydroxylation is 2. The van der Waals surface area contributed by atoms with Crippen LogP contribution in [0.3, 0.4) is 0 Å². The fraction of sp³-hybridized carbons (Fsp3) is 0.222. The van der Waals surface area contributed by atoms with E-state index in [9.17, 15) is 0 Å². The van der Waals surface area contributed by atoms with Gasteiger partial charge in [-0.15, -0.1) is 0 Å². The van der Waals surface area contributed by atoms with Crippen molar-refractivity contribution >= 4 is 28.6 Å². The molecule has 0 bridgehead atoms. The van der Waals surface area contributed by atoms with Crippen molar-refractivity contribution in [1.29, 1.82) is 0 Å². The van der Waals surface area contributed by atoms with Gasteiger partial charge in [-0.25, -0.2) is 4.68 Å². The van der Waals surface area contributed by atoms with Crippen LogP contribution in [0.1, 0.15) is 30.8 Å². The Bertz CT molecular complexity index is 739. The maximum Gasteiger partial charge on any atom is 0.199 e. The van der Waals surface area contributed by atoms with Crippen LogP contribution >= 0.6 is 12.2 Å². The maximum absolute atomic E-state index is 5.54. The van der Waals surface area contributed by atoms with Crippen LogP contribution in [0.15, 0.2) is 48.6 Å². The first-order valence-corrected chi connectivity index (χ1v) is 7.70. The Balaban J connectivity index is 2.34. The van der Waals surface area contributed by atoms with Crippen LogP contribution in [-0.2, 0) is 0 Å². The summed E-state index contributed by atoms with van der Waals surface area (Å²) in [5.41, 5.74) is 5.18. The van der Waals surface area contributed by atoms with Crippen molar-refractivity contribution in [2.24, 2.45) is 0 Å². The largest absolute Gasteiger partial charge is 0.331 e. The molecule has 0 radical (unpaired) electrons. The molecule has 1 aromatic carbocycles. The van der Waals surface area contributed by atoms with Crippen molar-refractivity contribution < 1.29 is 0 Å². The van der Waals surface area contributed by atoms with Gasteiger partial charge in [0.15, 0.2) is 5.11 Å². The highest BCUT2D eigenvalue weighted by molar-refractivity contribution is 7.80. The summed E-state index contributed by atoms with van der Waals surface area (Å²) >= 11 is 5.54. The monoisotopic (exact) mass is 311 g/mol. The summed E-state index contributed by atoms with van der Waals surface area (Å²) in [4.78, 5) is 0. The van der Waals surface area contributed by atoms with Gasteiger partial charge >= 0.3 is 0 Å². The molecular formula is C18H21N3S. The third-order valence-electron chi connectivity index (χ3n) is 3.25. The van der Waals surface area contributed by atoms with Gasteiger partial charge in [0.1, 0.15) is 0 Å². The fourth-order valence-corrected chi connectivity index (χ4v) is 2.53. The van der Waals surface area contributed by atoms with E-state index in [1.54, 1.807) is 4.68 Å². The second-order valence-electron chi connectivity index (χ2n) is 5.13. The van der Waals surface area contributed by atoms with Crippen LogP contribution in [0.25, 0.3) is 5.57 Å². The van der Waals surface area contributed by atoms with E-state index in [2.05, 4.69) is 41.6 Å². The van der Waals surface area contributed by atoms with E-state index in [-0.39, 0.29) is 0 Å². The molecule has 0 aliphatic carbocycles. The number of benzene rings is 1. The van der Waals surface area contributed by atoms with Gasteiger partial charge in [0.2, 0.25) is 0 Å². The lowest BCUT2D eigenvalue weighted by Gasteiger charge is -2.12. The highest BCUT2D eigenvalue weighted by Gasteiger charge is 2.12. The van der Waals surface area contributed by atoms with Gasteiger partial charge in [-0.2, -0.15) is 5.10 Å². The zero-order chi connectivity index (χ0) is 16.1. The molecule has 1 N–H and O–H groups in total. The lowest BCUT2D eigenvalue weighted by atomic mass is 10.1. The molecule has 1 heterocycles. The Labute approximate surface area is 137 Å². The number of aromatic nitrogens is 2. The SMILES string of the molecule is C/C=C\C(=C/C)c1cc(C)nn1C(=S)Nc1cccc(C)c1. The zero-order valence-electron chi connectivity index (χ0n) is 13.4. The molecule has 0 saturated carbocycles. The number of rotatable bonds is 3. The molecule has 22 heavy (non-hydrogen) atoms.